The molecule has 0 aromatic carbocycles. The minimum absolute atomic E-state index is 0.866. The Morgan fingerprint density at radius 2 is 1.07 bits per heavy atom. The van der Waals surface area contributed by atoms with Crippen LogP contribution in [0.15, 0.2) is 11.1 Å². The summed E-state index contributed by atoms with van der Waals surface area (Å²) in [5.74, 6) is 0.866. The minimum atomic E-state index is -2.87. The molecule has 0 rings (SSSR count). The van der Waals surface area contributed by atoms with E-state index in [1.165, 1.54) is 77.0 Å². The molecule has 0 bridgehead atoms. The van der Waals surface area contributed by atoms with Crippen molar-refractivity contribution in [2.24, 2.45) is 5.92 Å². The fourth-order valence-electron chi connectivity index (χ4n) is 3.50. The van der Waals surface area contributed by atoms with Gasteiger partial charge in [-0.2, -0.15) is 0 Å². The lowest BCUT2D eigenvalue weighted by Crippen LogP contribution is -2.06. The highest BCUT2D eigenvalue weighted by atomic mass is 31.1. The smallest absolute Gasteiger partial charge is 0.134 e. The summed E-state index contributed by atoms with van der Waals surface area (Å²) in [6.45, 7) is 11.7. The van der Waals surface area contributed by atoms with Crippen LogP contribution >= 0.6 is 16.5 Å². The molecule has 6 nitrogen and oxygen atoms in total. The van der Waals surface area contributed by atoms with Gasteiger partial charge >= 0.3 is 16.5 Å². The second-order valence-electron chi connectivity index (χ2n) is 6.71. The first-order valence-electron chi connectivity index (χ1n) is 10.6. The van der Waals surface area contributed by atoms with Crippen molar-refractivity contribution in [1.29, 1.82) is 0 Å². The van der Waals surface area contributed by atoms with E-state index in [0.717, 1.165) is 5.92 Å². The van der Waals surface area contributed by atoms with Crippen LogP contribution in [0.5, 0.6) is 0 Å². The fraction of sp³-hybridized carbons (Fsp3) is 0.900. The highest BCUT2D eigenvalue weighted by molar-refractivity contribution is 7.31. The number of hydrogen-bond donors (Lipinski definition) is 4. The van der Waals surface area contributed by atoms with Gasteiger partial charge < -0.3 is 0 Å². The fourth-order valence-corrected chi connectivity index (χ4v) is 3.50. The number of unbranched alkanes of at least 4 members (excludes halogenated alkanes) is 6. The van der Waals surface area contributed by atoms with Gasteiger partial charge in [0.25, 0.3) is 0 Å². The van der Waals surface area contributed by atoms with E-state index in [-0.39, 0.29) is 0 Å². The van der Waals surface area contributed by atoms with Crippen molar-refractivity contribution in [2.75, 3.05) is 0 Å². The summed E-state index contributed by atoms with van der Waals surface area (Å²) in [5.41, 5.74) is 3.53. The predicted molar refractivity (Wildman–Crippen MR) is 118 cm³/mol. The lowest BCUT2D eigenvalue weighted by Gasteiger charge is -2.22. The quantitative estimate of drug-likeness (QED) is 0.140. The molecule has 0 heterocycles. The summed E-state index contributed by atoms with van der Waals surface area (Å²) in [7, 11) is -5.74. The van der Waals surface area contributed by atoms with Gasteiger partial charge in [-0.05, 0) is 38.0 Å². The van der Waals surface area contributed by atoms with E-state index in [9.17, 15) is 0 Å². The van der Waals surface area contributed by atoms with Gasteiger partial charge in [-0.15, -0.1) is 19.6 Å². The zero-order valence-electron chi connectivity index (χ0n) is 18.6. The standard InChI is InChI=1S/C20H40.2HO3P/c1-6-11-12-13-14-15-16-17-19(9-4)20(10-5)18(7-2)8-3;2*1-4(2)3/h19H,6-17H2,1-5H3;2*(H-,1,2,3)/p+2. The van der Waals surface area contributed by atoms with Crippen LogP contribution < -0.4 is 0 Å². The zero-order chi connectivity index (χ0) is 22.4. The molecule has 0 aliphatic carbocycles. The summed E-state index contributed by atoms with van der Waals surface area (Å²) in [6.07, 6.45) is 16.6. The Kier molecular flexibility index (Phi) is 28.8. The van der Waals surface area contributed by atoms with Gasteiger partial charge in [0.2, 0.25) is 0 Å². The van der Waals surface area contributed by atoms with Crippen molar-refractivity contribution in [3.8, 4) is 0 Å². The van der Waals surface area contributed by atoms with E-state index in [1.807, 2.05) is 0 Å². The second kappa shape index (κ2) is 24.8. The molecule has 168 valence electrons. The molecule has 1 atom stereocenters. The lowest BCUT2D eigenvalue weighted by molar-refractivity contribution is 0.403. The Morgan fingerprint density at radius 1 is 0.679 bits per heavy atom. The number of allylic oxidation sites excluding steroid dienone is 2. The molecule has 0 aromatic heterocycles. The normalized spacial score (nSPS) is 10.8. The molecule has 0 spiro atoms. The summed E-state index contributed by atoms with van der Waals surface area (Å²) in [4.78, 5) is 28.5. The summed E-state index contributed by atoms with van der Waals surface area (Å²) in [6, 6.07) is 0. The van der Waals surface area contributed by atoms with Crippen LogP contribution in [0.4, 0.5) is 0 Å². The van der Waals surface area contributed by atoms with Crippen LogP contribution in [0, 0.1) is 5.92 Å². The molecule has 0 saturated carbocycles. The highest BCUT2D eigenvalue weighted by Gasteiger charge is 2.13. The Hall–Kier alpha value is -0.220. The second-order valence-corrected chi connectivity index (χ2v) is 7.72. The molecule has 0 aliphatic heterocycles. The first-order chi connectivity index (χ1) is 13.2. The molecule has 0 saturated heterocycles. The van der Waals surface area contributed by atoms with Crippen LogP contribution in [-0.2, 0) is 9.13 Å². The van der Waals surface area contributed by atoms with Gasteiger partial charge in [0, 0.05) is 9.13 Å². The minimum Gasteiger partial charge on any atom is -0.134 e. The largest absolute Gasteiger partial charge is 0.692 e. The van der Waals surface area contributed by atoms with E-state index in [4.69, 9.17) is 28.7 Å². The van der Waals surface area contributed by atoms with Gasteiger partial charge in [-0.25, -0.2) is 0 Å². The van der Waals surface area contributed by atoms with E-state index in [0.29, 0.717) is 0 Å². The third kappa shape index (κ3) is 25.8. The van der Waals surface area contributed by atoms with E-state index >= 15 is 0 Å². The Morgan fingerprint density at radius 3 is 1.39 bits per heavy atom. The van der Waals surface area contributed by atoms with Crippen molar-refractivity contribution in [2.45, 2.75) is 112 Å². The average molecular weight is 443 g/mol. The molecule has 4 N–H and O–H groups in total. The van der Waals surface area contributed by atoms with E-state index < -0.39 is 16.5 Å². The van der Waals surface area contributed by atoms with Crippen molar-refractivity contribution >= 4 is 16.5 Å². The predicted octanol–water partition coefficient (Wildman–Crippen LogP) is 6.94. The third-order valence-corrected chi connectivity index (χ3v) is 4.83. The maximum absolute atomic E-state index is 8.70. The van der Waals surface area contributed by atoms with Crippen molar-refractivity contribution in [3.63, 3.8) is 0 Å². The highest BCUT2D eigenvalue weighted by Crippen LogP contribution is 2.30. The molecule has 8 heteroatoms. The summed E-state index contributed by atoms with van der Waals surface area (Å²) in [5, 5.41) is 0. The Labute approximate surface area is 174 Å². The molecule has 0 amide bonds. The average Bonchev–Trinajstić information content (AvgIpc) is 2.62. The molecule has 0 aromatic rings. The molecule has 28 heavy (non-hydrogen) atoms. The molecule has 0 fully saturated rings. The first-order valence-corrected chi connectivity index (χ1v) is 12.9. The van der Waals surface area contributed by atoms with Crippen LogP contribution in [0.25, 0.3) is 0 Å². The van der Waals surface area contributed by atoms with Crippen molar-refractivity contribution in [1.82, 2.24) is 0 Å². The molecule has 0 radical (unpaired) electrons. The van der Waals surface area contributed by atoms with Crippen LogP contribution in [0.2, 0.25) is 0 Å². The van der Waals surface area contributed by atoms with Crippen LogP contribution in [0.3, 0.4) is 0 Å². The van der Waals surface area contributed by atoms with Crippen LogP contribution in [0.1, 0.15) is 112 Å². The third-order valence-electron chi connectivity index (χ3n) is 4.83. The number of rotatable bonds is 13. The van der Waals surface area contributed by atoms with Gasteiger partial charge in [-0.3, -0.25) is 0 Å². The first kappa shape index (κ1) is 32.4. The van der Waals surface area contributed by atoms with Crippen LogP contribution in [-0.4, -0.2) is 19.6 Å². The van der Waals surface area contributed by atoms with E-state index in [2.05, 4.69) is 34.6 Å². The van der Waals surface area contributed by atoms with Gasteiger partial charge in [0.15, 0.2) is 0 Å². The number of hydrogen-bond acceptors (Lipinski definition) is 2. The maximum atomic E-state index is 8.70. The van der Waals surface area contributed by atoms with Crippen molar-refractivity contribution in [3.05, 3.63) is 11.1 Å². The Balaban J connectivity index is -0.000000656. The molecule has 0 aliphatic rings. The van der Waals surface area contributed by atoms with Gasteiger partial charge in [-0.1, -0.05) is 90.7 Å². The zero-order valence-corrected chi connectivity index (χ0v) is 20.4. The monoisotopic (exact) mass is 442 g/mol. The summed E-state index contributed by atoms with van der Waals surface area (Å²) >= 11 is 0. The lowest BCUT2D eigenvalue weighted by atomic mass is 9.84. The topological polar surface area (TPSA) is 115 Å². The van der Waals surface area contributed by atoms with E-state index in [1.54, 1.807) is 11.1 Å². The molecular formula is C20H44O6P2+2. The van der Waals surface area contributed by atoms with Gasteiger partial charge in [0.05, 0.1) is 0 Å². The molecular weight excluding hydrogens is 398 g/mol. The molecule has 1 unspecified atom stereocenters. The maximum Gasteiger partial charge on any atom is 0.692 e. The summed E-state index contributed by atoms with van der Waals surface area (Å²) < 4.78 is 17.4. The Bertz CT molecular complexity index is 388. The van der Waals surface area contributed by atoms with Crippen molar-refractivity contribution < 1.29 is 28.7 Å². The SMILES string of the molecule is CCCCCCCCCC(CC)C(CC)=C(CC)CC.O=[P+](O)O.O=[P+](O)O. The van der Waals surface area contributed by atoms with Gasteiger partial charge in [0.1, 0.15) is 0 Å².